The van der Waals surface area contributed by atoms with Gasteiger partial charge in [-0.15, -0.1) is 12.4 Å². The molecule has 5 heteroatoms. The molecule has 3 heterocycles. The van der Waals surface area contributed by atoms with Crippen LogP contribution in [0.5, 0.6) is 0 Å². The summed E-state index contributed by atoms with van der Waals surface area (Å²) >= 11 is 1.96. The number of aromatic nitrogens is 2. The Balaban J connectivity index is 0.000000963. The zero-order chi connectivity index (χ0) is 10.3. The van der Waals surface area contributed by atoms with Crippen LogP contribution in [0.1, 0.15) is 25.7 Å². The van der Waals surface area contributed by atoms with E-state index in [0.29, 0.717) is 0 Å². The van der Waals surface area contributed by atoms with Gasteiger partial charge in [-0.3, -0.25) is 0 Å². The fourth-order valence-corrected chi connectivity index (χ4v) is 4.02. The minimum absolute atomic E-state index is 0. The van der Waals surface area contributed by atoms with Crippen molar-refractivity contribution in [3.63, 3.8) is 0 Å². The quantitative estimate of drug-likeness (QED) is 0.883. The second-order valence-corrected chi connectivity index (χ2v) is 5.94. The zero-order valence-corrected chi connectivity index (χ0v) is 11.1. The van der Waals surface area contributed by atoms with Gasteiger partial charge in [-0.05, 0) is 25.7 Å². The van der Waals surface area contributed by atoms with Crippen LogP contribution in [0.2, 0.25) is 0 Å². The first-order chi connectivity index (χ1) is 7.31. The molecule has 2 fully saturated rings. The zero-order valence-electron chi connectivity index (χ0n) is 9.43. The maximum atomic E-state index is 4.39. The molecule has 0 amide bonds. The molecule has 0 aromatic carbocycles. The summed E-state index contributed by atoms with van der Waals surface area (Å²) in [6.07, 6.45) is 9.29. The Bertz CT molecular complexity index is 343. The fourth-order valence-electron chi connectivity index (χ4n) is 2.72. The molecule has 0 aliphatic carbocycles. The highest BCUT2D eigenvalue weighted by Crippen LogP contribution is 2.36. The molecule has 2 unspecified atom stereocenters. The molecule has 2 atom stereocenters. The Morgan fingerprint density at radius 2 is 2.06 bits per heavy atom. The highest BCUT2D eigenvalue weighted by Gasteiger charge is 2.34. The maximum Gasteiger partial charge on any atom is 0.167 e. The molecule has 2 aliphatic heterocycles. The molecule has 0 saturated carbocycles. The van der Waals surface area contributed by atoms with E-state index in [9.17, 15) is 0 Å². The van der Waals surface area contributed by atoms with Crippen molar-refractivity contribution in [1.29, 1.82) is 0 Å². The van der Waals surface area contributed by atoms with Crippen molar-refractivity contribution >= 4 is 24.2 Å². The molecule has 2 bridgehead atoms. The maximum absolute atomic E-state index is 4.39. The Kier molecular flexibility index (Phi) is 3.82. The number of piperidine rings is 1. The number of hydrogen-bond donors (Lipinski definition) is 1. The number of fused-ring (bicyclic) bond motifs is 2. The van der Waals surface area contributed by atoms with E-state index in [2.05, 4.69) is 21.9 Å². The Morgan fingerprint density at radius 3 is 2.62 bits per heavy atom. The van der Waals surface area contributed by atoms with Crippen LogP contribution in [0.4, 0.5) is 0 Å². The summed E-state index contributed by atoms with van der Waals surface area (Å²) in [5.74, 6) is 0. The van der Waals surface area contributed by atoms with Crippen LogP contribution in [-0.2, 0) is 7.05 Å². The smallest absolute Gasteiger partial charge is 0.167 e. The summed E-state index contributed by atoms with van der Waals surface area (Å²) in [6, 6.07) is 1.56. The van der Waals surface area contributed by atoms with E-state index in [4.69, 9.17) is 0 Å². The first kappa shape index (κ1) is 12.3. The molecule has 0 radical (unpaired) electrons. The third-order valence-corrected chi connectivity index (χ3v) is 4.80. The SMILES string of the molecule is Cl.Cn1ccnc1SC1CC2CCC(C1)N2. The second-order valence-electron chi connectivity index (χ2n) is 4.67. The van der Waals surface area contributed by atoms with Crippen LogP contribution >= 0.6 is 24.2 Å². The standard InChI is InChI=1S/C11H17N3S.ClH/c1-14-5-4-12-11(14)15-10-6-8-2-3-9(7-10)13-8;/h4-5,8-10,13H,2-3,6-7H2,1H3;1H. The molecular formula is C11H18ClN3S. The van der Waals surface area contributed by atoms with E-state index in [1.807, 2.05) is 24.2 Å². The molecule has 1 aromatic heterocycles. The molecular weight excluding hydrogens is 242 g/mol. The predicted octanol–water partition coefficient (Wildman–Crippen LogP) is 2.22. The Hall–Kier alpha value is -0.190. The Morgan fingerprint density at radius 1 is 1.38 bits per heavy atom. The molecule has 0 spiro atoms. The van der Waals surface area contributed by atoms with Crippen LogP contribution in [-0.4, -0.2) is 26.9 Å². The lowest BCUT2D eigenvalue weighted by Crippen LogP contribution is -2.39. The van der Waals surface area contributed by atoms with Crippen molar-refractivity contribution < 1.29 is 0 Å². The highest BCUT2D eigenvalue weighted by atomic mass is 35.5. The number of imidazole rings is 1. The summed E-state index contributed by atoms with van der Waals surface area (Å²) in [5, 5.41) is 5.61. The highest BCUT2D eigenvalue weighted by molar-refractivity contribution is 7.99. The first-order valence-electron chi connectivity index (χ1n) is 5.71. The van der Waals surface area contributed by atoms with Gasteiger partial charge >= 0.3 is 0 Å². The van der Waals surface area contributed by atoms with Gasteiger partial charge in [-0.2, -0.15) is 0 Å². The van der Waals surface area contributed by atoms with Crippen LogP contribution in [0.15, 0.2) is 17.6 Å². The largest absolute Gasteiger partial charge is 0.329 e. The lowest BCUT2D eigenvalue weighted by molar-refractivity contribution is 0.414. The number of nitrogens with zero attached hydrogens (tertiary/aromatic N) is 2. The molecule has 2 aliphatic rings. The molecule has 1 aromatic rings. The summed E-state index contributed by atoms with van der Waals surface area (Å²) in [7, 11) is 2.07. The van der Waals surface area contributed by atoms with E-state index >= 15 is 0 Å². The minimum Gasteiger partial charge on any atom is -0.329 e. The van der Waals surface area contributed by atoms with Crippen LogP contribution < -0.4 is 5.32 Å². The monoisotopic (exact) mass is 259 g/mol. The molecule has 3 nitrogen and oxygen atoms in total. The average Bonchev–Trinajstić information content (AvgIpc) is 2.75. The Labute approximate surface area is 107 Å². The number of rotatable bonds is 2. The number of halogens is 1. The summed E-state index contributed by atoms with van der Waals surface area (Å²) in [5.41, 5.74) is 0. The topological polar surface area (TPSA) is 29.9 Å². The van der Waals surface area contributed by atoms with Gasteiger partial charge in [-0.25, -0.2) is 4.98 Å². The molecule has 90 valence electrons. The van der Waals surface area contributed by atoms with Crippen LogP contribution in [0, 0.1) is 0 Å². The summed E-state index contributed by atoms with van der Waals surface area (Å²) in [4.78, 5) is 4.39. The van der Waals surface area contributed by atoms with Crippen LogP contribution in [0.25, 0.3) is 0 Å². The lowest BCUT2D eigenvalue weighted by Gasteiger charge is -2.28. The van der Waals surface area contributed by atoms with Gasteiger partial charge in [0.15, 0.2) is 5.16 Å². The van der Waals surface area contributed by atoms with Crippen molar-refractivity contribution in [2.24, 2.45) is 7.05 Å². The van der Waals surface area contributed by atoms with Gasteiger partial charge in [0.05, 0.1) is 0 Å². The van der Waals surface area contributed by atoms with Gasteiger partial charge in [0, 0.05) is 36.8 Å². The average molecular weight is 260 g/mol. The second kappa shape index (κ2) is 4.98. The normalized spacial score (nSPS) is 32.4. The van der Waals surface area contributed by atoms with E-state index in [0.717, 1.165) is 17.3 Å². The molecule has 16 heavy (non-hydrogen) atoms. The van der Waals surface area contributed by atoms with Crippen LogP contribution in [0.3, 0.4) is 0 Å². The van der Waals surface area contributed by atoms with E-state index in [1.54, 1.807) is 0 Å². The van der Waals surface area contributed by atoms with Crippen molar-refractivity contribution in [3.8, 4) is 0 Å². The lowest BCUT2D eigenvalue weighted by atomic mass is 10.1. The molecule has 3 rings (SSSR count). The van der Waals surface area contributed by atoms with Crippen molar-refractivity contribution in [3.05, 3.63) is 12.4 Å². The number of aryl methyl sites for hydroxylation is 1. The van der Waals surface area contributed by atoms with E-state index in [-0.39, 0.29) is 12.4 Å². The predicted molar refractivity (Wildman–Crippen MR) is 69.3 cm³/mol. The molecule has 1 N–H and O–H groups in total. The van der Waals surface area contributed by atoms with Crippen molar-refractivity contribution in [2.75, 3.05) is 0 Å². The van der Waals surface area contributed by atoms with Crippen molar-refractivity contribution in [1.82, 2.24) is 14.9 Å². The summed E-state index contributed by atoms with van der Waals surface area (Å²) in [6.45, 7) is 0. The van der Waals surface area contributed by atoms with Gasteiger partial charge in [0.25, 0.3) is 0 Å². The third-order valence-electron chi connectivity index (χ3n) is 3.48. The van der Waals surface area contributed by atoms with E-state index in [1.165, 1.54) is 30.8 Å². The third kappa shape index (κ3) is 2.39. The van der Waals surface area contributed by atoms with Crippen molar-refractivity contribution in [2.45, 2.75) is 48.2 Å². The summed E-state index contributed by atoms with van der Waals surface area (Å²) < 4.78 is 2.12. The van der Waals surface area contributed by atoms with Gasteiger partial charge < -0.3 is 9.88 Å². The number of nitrogens with one attached hydrogen (secondary N) is 1. The van der Waals surface area contributed by atoms with Gasteiger partial charge in [0.2, 0.25) is 0 Å². The number of hydrogen-bond acceptors (Lipinski definition) is 3. The number of thioether (sulfide) groups is 1. The van der Waals surface area contributed by atoms with Gasteiger partial charge in [0.1, 0.15) is 0 Å². The minimum atomic E-state index is 0. The fraction of sp³-hybridized carbons (Fsp3) is 0.727. The van der Waals surface area contributed by atoms with E-state index < -0.39 is 0 Å². The van der Waals surface area contributed by atoms with Gasteiger partial charge in [-0.1, -0.05) is 11.8 Å². The first-order valence-corrected chi connectivity index (χ1v) is 6.59. The molecule has 2 saturated heterocycles.